The fourth-order valence-corrected chi connectivity index (χ4v) is 3.13. The molecule has 0 atom stereocenters. The summed E-state index contributed by atoms with van der Waals surface area (Å²) in [6.45, 7) is 2.08. The molecule has 0 fully saturated rings. The minimum absolute atomic E-state index is 0.233. The van der Waals surface area contributed by atoms with Crippen LogP contribution in [0.5, 0.6) is 0 Å². The molecule has 0 unspecified atom stereocenters. The van der Waals surface area contributed by atoms with Crippen LogP contribution in [0, 0.1) is 0 Å². The summed E-state index contributed by atoms with van der Waals surface area (Å²) in [6.07, 6.45) is 13.0. The van der Waals surface area contributed by atoms with Crippen molar-refractivity contribution in [2.45, 2.75) is 51.9 Å². The number of aryl methyl sites for hydroxylation is 2. The van der Waals surface area contributed by atoms with Crippen LogP contribution in [-0.4, -0.2) is 59.3 Å². The van der Waals surface area contributed by atoms with E-state index in [4.69, 9.17) is 14.2 Å². The molecule has 37 heavy (non-hydrogen) atoms. The molecule has 204 valence electrons. The van der Waals surface area contributed by atoms with Gasteiger partial charge in [0.1, 0.15) is 37.6 Å². The molecule has 2 N–H and O–H groups in total. The topological polar surface area (TPSA) is 138 Å². The third-order valence-electron chi connectivity index (χ3n) is 5.07. The van der Waals surface area contributed by atoms with Crippen molar-refractivity contribution in [2.24, 2.45) is 14.1 Å². The van der Waals surface area contributed by atoms with Gasteiger partial charge in [-0.05, 0) is 25.7 Å². The number of amides is 2. The highest BCUT2D eigenvalue weighted by Crippen LogP contribution is 1.98. The first kappa shape index (κ1) is 29.5. The monoisotopic (exact) mass is 522 g/mol. The molecule has 0 aromatic carbocycles. The highest BCUT2D eigenvalue weighted by atomic mass is 16.5. The number of carbonyl (C=O) groups is 4. The number of hydrogen-bond acceptors (Lipinski definition) is 7. The van der Waals surface area contributed by atoms with Crippen molar-refractivity contribution in [3.05, 3.63) is 37.4 Å². The molecule has 0 saturated carbocycles. The van der Waals surface area contributed by atoms with Crippen molar-refractivity contribution in [1.29, 1.82) is 0 Å². The van der Waals surface area contributed by atoms with Crippen molar-refractivity contribution in [3.63, 3.8) is 0 Å². The van der Waals surface area contributed by atoms with Gasteiger partial charge >= 0.3 is 11.9 Å². The molecule has 0 aliphatic heterocycles. The van der Waals surface area contributed by atoms with Crippen molar-refractivity contribution in [2.75, 3.05) is 26.4 Å². The summed E-state index contributed by atoms with van der Waals surface area (Å²) < 4.78 is 22.9. The van der Waals surface area contributed by atoms with Crippen LogP contribution < -0.4 is 19.8 Å². The van der Waals surface area contributed by atoms with E-state index in [0.29, 0.717) is 39.4 Å². The first-order valence-electron chi connectivity index (χ1n) is 12.3. The molecule has 0 radical (unpaired) electrons. The fraction of sp³-hybridized carbons (Fsp3) is 0.583. The molecule has 13 heteroatoms. The van der Waals surface area contributed by atoms with Crippen LogP contribution in [0.3, 0.4) is 0 Å². The number of rotatable bonds is 18. The molecular formula is C24H38N6O7+2. The second kappa shape index (κ2) is 16.8. The molecule has 2 amide bonds. The maximum Gasteiger partial charge on any atom is 0.315 e. The number of ether oxygens (including phenoxy) is 3. The Balaban J connectivity index is 1.35. The number of carbonyl (C=O) groups excluding carboxylic acids is 4. The van der Waals surface area contributed by atoms with Gasteiger partial charge in [-0.25, -0.2) is 18.3 Å². The molecule has 0 saturated heterocycles. The Hall–Kier alpha value is -3.74. The molecule has 0 aliphatic carbocycles. The van der Waals surface area contributed by atoms with Gasteiger partial charge < -0.3 is 24.8 Å². The van der Waals surface area contributed by atoms with E-state index in [0.717, 1.165) is 12.8 Å². The summed E-state index contributed by atoms with van der Waals surface area (Å²) in [5.74, 6) is -1.89. The fourth-order valence-electron chi connectivity index (χ4n) is 3.13. The Morgan fingerprint density at radius 3 is 1.46 bits per heavy atom. The van der Waals surface area contributed by atoms with E-state index in [2.05, 4.69) is 10.6 Å². The molecule has 2 aromatic rings. The summed E-state index contributed by atoms with van der Waals surface area (Å²) in [5, 5.41) is 5.30. The van der Waals surface area contributed by atoms with Gasteiger partial charge in [0.25, 0.3) is 0 Å². The van der Waals surface area contributed by atoms with Crippen LogP contribution in [-0.2, 0) is 60.8 Å². The lowest BCUT2D eigenvalue weighted by Crippen LogP contribution is -2.29. The highest BCUT2D eigenvalue weighted by Gasteiger charge is 2.12. The van der Waals surface area contributed by atoms with Crippen LogP contribution in [0.15, 0.2) is 37.4 Å². The molecular weight excluding hydrogens is 484 g/mol. The van der Waals surface area contributed by atoms with E-state index in [1.807, 2.05) is 60.7 Å². The van der Waals surface area contributed by atoms with E-state index >= 15 is 0 Å². The number of nitrogens with one attached hydrogen (secondary N) is 2. The number of nitrogens with zero attached hydrogens (tertiary/aromatic N) is 4. The van der Waals surface area contributed by atoms with Gasteiger partial charge in [-0.2, -0.15) is 0 Å². The lowest BCUT2D eigenvalue weighted by atomic mass is 10.3. The summed E-state index contributed by atoms with van der Waals surface area (Å²) >= 11 is 0. The number of imidazole rings is 2. The maximum atomic E-state index is 11.8. The first-order valence-corrected chi connectivity index (χ1v) is 12.3. The zero-order valence-electron chi connectivity index (χ0n) is 21.6. The molecule has 13 nitrogen and oxygen atoms in total. The standard InChI is InChI=1S/C24H36N6O7/c1-27-7-9-29(19-27)17-25-21(31)15-23(33)36-13-5-3-11-35-12-4-6-14-37-24(34)16-22(32)26-18-30-10-8-28(2)20-30/h7-10,19-20H,3-6,11-18H2,1-2H3/p+2. The minimum Gasteiger partial charge on any atom is -0.465 e. The highest BCUT2D eigenvalue weighted by molar-refractivity contribution is 5.94. The van der Waals surface area contributed by atoms with Crippen molar-refractivity contribution in [3.8, 4) is 0 Å². The second-order valence-electron chi connectivity index (χ2n) is 8.52. The van der Waals surface area contributed by atoms with Crippen LogP contribution >= 0.6 is 0 Å². The predicted molar refractivity (Wildman–Crippen MR) is 128 cm³/mol. The quantitative estimate of drug-likeness (QED) is 0.114. The smallest absolute Gasteiger partial charge is 0.315 e. The Kier molecular flexibility index (Phi) is 13.4. The van der Waals surface area contributed by atoms with Gasteiger partial charge in [0.15, 0.2) is 13.3 Å². The maximum absolute atomic E-state index is 11.8. The lowest BCUT2D eigenvalue weighted by molar-refractivity contribution is -0.671. The first-order chi connectivity index (χ1) is 17.8. The molecule has 0 bridgehead atoms. The minimum atomic E-state index is -0.557. The predicted octanol–water partition coefficient (Wildman–Crippen LogP) is -0.770. The summed E-state index contributed by atoms with van der Waals surface area (Å²) in [5.41, 5.74) is 0. The van der Waals surface area contributed by atoms with Gasteiger partial charge in [-0.15, -0.1) is 0 Å². The SMILES string of the molecule is C[n+]1ccn(CNC(=O)CC(=O)OCCCCOCCCCOC(=O)CC(=O)NCn2cc[n+](C)c2)c1. The molecule has 2 heterocycles. The average Bonchev–Trinajstić information content (AvgIpc) is 3.47. The largest absolute Gasteiger partial charge is 0.465 e. The Morgan fingerprint density at radius 2 is 1.08 bits per heavy atom. The average molecular weight is 523 g/mol. The van der Waals surface area contributed by atoms with Gasteiger partial charge in [0, 0.05) is 13.2 Å². The summed E-state index contributed by atoms with van der Waals surface area (Å²) in [7, 11) is 3.75. The number of aromatic nitrogens is 4. The Bertz CT molecular complexity index is 925. The number of hydrogen-bond donors (Lipinski definition) is 2. The van der Waals surface area contributed by atoms with E-state index in [1.165, 1.54) is 0 Å². The van der Waals surface area contributed by atoms with Crippen molar-refractivity contribution < 1.29 is 42.5 Å². The third-order valence-corrected chi connectivity index (χ3v) is 5.07. The molecule has 0 spiro atoms. The van der Waals surface area contributed by atoms with E-state index in [-0.39, 0.29) is 37.9 Å². The van der Waals surface area contributed by atoms with Gasteiger partial charge in [-0.3, -0.25) is 19.2 Å². The third kappa shape index (κ3) is 13.8. The molecule has 2 aromatic heterocycles. The second-order valence-corrected chi connectivity index (χ2v) is 8.52. The van der Waals surface area contributed by atoms with E-state index < -0.39 is 11.9 Å². The lowest BCUT2D eigenvalue weighted by Gasteiger charge is -2.07. The van der Waals surface area contributed by atoms with E-state index in [9.17, 15) is 19.2 Å². The van der Waals surface area contributed by atoms with Gasteiger partial charge in [-0.1, -0.05) is 0 Å². The Morgan fingerprint density at radius 1 is 0.676 bits per heavy atom. The van der Waals surface area contributed by atoms with Gasteiger partial charge in [0.05, 0.1) is 27.3 Å². The number of unbranched alkanes of at least 4 members (excludes halogenated alkanes) is 2. The molecule has 0 aliphatic rings. The number of esters is 2. The van der Waals surface area contributed by atoms with Crippen LogP contribution in [0.4, 0.5) is 0 Å². The van der Waals surface area contributed by atoms with Crippen LogP contribution in [0.25, 0.3) is 0 Å². The summed E-state index contributed by atoms with van der Waals surface area (Å²) in [6, 6.07) is 0. The van der Waals surface area contributed by atoms with Gasteiger partial charge in [0.2, 0.25) is 24.5 Å². The van der Waals surface area contributed by atoms with Crippen LogP contribution in [0.1, 0.15) is 38.5 Å². The zero-order valence-corrected chi connectivity index (χ0v) is 21.6. The van der Waals surface area contributed by atoms with Crippen molar-refractivity contribution >= 4 is 23.8 Å². The zero-order chi connectivity index (χ0) is 26.9. The van der Waals surface area contributed by atoms with Crippen LogP contribution in [0.2, 0.25) is 0 Å². The summed E-state index contributed by atoms with van der Waals surface area (Å²) in [4.78, 5) is 47.0. The van der Waals surface area contributed by atoms with Crippen molar-refractivity contribution in [1.82, 2.24) is 19.8 Å². The normalized spacial score (nSPS) is 10.6. The van der Waals surface area contributed by atoms with E-state index in [1.54, 1.807) is 9.13 Å². The Labute approximate surface area is 216 Å². The molecule has 2 rings (SSSR count).